The second kappa shape index (κ2) is 9.38. The van der Waals surface area contributed by atoms with E-state index >= 15 is 0 Å². The van der Waals surface area contributed by atoms with Gasteiger partial charge in [-0.25, -0.2) is 9.98 Å². The maximum absolute atomic E-state index is 5.73. The molecular weight excluding hydrogens is 288 g/mol. The molecule has 5 nitrogen and oxygen atoms in total. The highest BCUT2D eigenvalue weighted by molar-refractivity contribution is 5.79. The molecule has 0 spiro atoms. The predicted octanol–water partition coefficient (Wildman–Crippen LogP) is 2.97. The van der Waals surface area contributed by atoms with Crippen LogP contribution in [0.25, 0.3) is 0 Å². The number of pyridine rings is 1. The molecule has 5 heteroatoms. The monoisotopic (exact) mass is 318 g/mol. The molecule has 2 N–H and O–H groups in total. The molecule has 1 aromatic heterocycles. The van der Waals surface area contributed by atoms with E-state index in [1.807, 2.05) is 12.1 Å². The number of hydrogen-bond acceptors (Lipinski definition) is 3. The van der Waals surface area contributed by atoms with Crippen LogP contribution in [0.15, 0.2) is 23.3 Å². The number of nitrogens with zero attached hydrogens (tertiary/aromatic N) is 2. The van der Waals surface area contributed by atoms with Gasteiger partial charge in [-0.2, -0.15) is 0 Å². The summed E-state index contributed by atoms with van der Waals surface area (Å²) in [7, 11) is 0. The standard InChI is InChI=1S/C18H30N4O/c1-4-19-18(21-9-7-14(2)3)22-12-16-8-10-20-17(11-16)23-13-15-5-6-15/h8,10-11,14-15H,4-7,9,12-13H2,1-3H3,(H2,19,21,22). The minimum atomic E-state index is 0.624. The van der Waals surface area contributed by atoms with E-state index in [9.17, 15) is 0 Å². The Balaban J connectivity index is 1.85. The first-order chi connectivity index (χ1) is 11.2. The average molecular weight is 318 g/mol. The molecule has 1 fully saturated rings. The van der Waals surface area contributed by atoms with Crippen LogP contribution >= 0.6 is 0 Å². The van der Waals surface area contributed by atoms with E-state index in [2.05, 4.69) is 41.4 Å². The molecule has 1 aliphatic rings. The van der Waals surface area contributed by atoms with Crippen molar-refractivity contribution >= 4 is 5.96 Å². The minimum absolute atomic E-state index is 0.624. The molecule has 0 saturated heterocycles. The Hall–Kier alpha value is -1.78. The lowest BCUT2D eigenvalue weighted by Crippen LogP contribution is -2.38. The Morgan fingerprint density at radius 3 is 2.91 bits per heavy atom. The van der Waals surface area contributed by atoms with E-state index in [-0.39, 0.29) is 0 Å². The Bertz CT molecular complexity index is 498. The van der Waals surface area contributed by atoms with Gasteiger partial charge in [0.05, 0.1) is 13.2 Å². The SMILES string of the molecule is CCNC(=NCc1ccnc(OCC2CC2)c1)NCCC(C)C. The topological polar surface area (TPSA) is 58.5 Å². The molecule has 0 unspecified atom stereocenters. The van der Waals surface area contributed by atoms with Gasteiger partial charge in [-0.1, -0.05) is 13.8 Å². The van der Waals surface area contributed by atoms with E-state index in [1.54, 1.807) is 6.20 Å². The van der Waals surface area contributed by atoms with Crippen LogP contribution in [-0.2, 0) is 6.54 Å². The van der Waals surface area contributed by atoms with Crippen LogP contribution in [0, 0.1) is 11.8 Å². The molecule has 0 amide bonds. The van der Waals surface area contributed by atoms with Crippen molar-refractivity contribution in [1.29, 1.82) is 0 Å². The second-order valence-electron chi connectivity index (χ2n) is 6.56. The average Bonchev–Trinajstić information content (AvgIpc) is 3.35. The fourth-order valence-corrected chi connectivity index (χ4v) is 2.11. The summed E-state index contributed by atoms with van der Waals surface area (Å²) in [6.07, 6.45) is 5.52. The van der Waals surface area contributed by atoms with E-state index in [1.165, 1.54) is 12.8 Å². The molecule has 0 atom stereocenters. The van der Waals surface area contributed by atoms with Crippen LogP contribution in [-0.4, -0.2) is 30.6 Å². The Labute approximate surface area is 139 Å². The molecule has 0 bridgehead atoms. The number of ether oxygens (including phenoxy) is 1. The summed E-state index contributed by atoms with van der Waals surface area (Å²) in [6, 6.07) is 3.98. The van der Waals surface area contributed by atoms with Crippen LogP contribution in [0.4, 0.5) is 0 Å². The smallest absolute Gasteiger partial charge is 0.213 e. The van der Waals surface area contributed by atoms with Crippen molar-refractivity contribution < 1.29 is 4.74 Å². The van der Waals surface area contributed by atoms with E-state index in [0.717, 1.165) is 43.6 Å². The van der Waals surface area contributed by atoms with Crippen molar-refractivity contribution in [3.8, 4) is 5.88 Å². The minimum Gasteiger partial charge on any atom is -0.477 e. The zero-order chi connectivity index (χ0) is 16.5. The van der Waals surface area contributed by atoms with Crippen molar-refractivity contribution in [2.75, 3.05) is 19.7 Å². The van der Waals surface area contributed by atoms with Gasteiger partial charge in [-0.3, -0.25) is 0 Å². The zero-order valence-corrected chi connectivity index (χ0v) is 14.6. The molecule has 0 radical (unpaired) electrons. The highest BCUT2D eigenvalue weighted by Crippen LogP contribution is 2.29. The lowest BCUT2D eigenvalue weighted by molar-refractivity contribution is 0.288. The molecular formula is C18H30N4O. The van der Waals surface area contributed by atoms with Gasteiger partial charge < -0.3 is 15.4 Å². The van der Waals surface area contributed by atoms with Gasteiger partial charge in [0.15, 0.2) is 5.96 Å². The quantitative estimate of drug-likeness (QED) is 0.543. The van der Waals surface area contributed by atoms with Gasteiger partial charge in [0.1, 0.15) is 0 Å². The Morgan fingerprint density at radius 1 is 1.39 bits per heavy atom. The van der Waals surface area contributed by atoms with Gasteiger partial charge in [-0.15, -0.1) is 0 Å². The third-order valence-electron chi connectivity index (χ3n) is 3.74. The van der Waals surface area contributed by atoms with Crippen molar-refractivity contribution in [1.82, 2.24) is 15.6 Å². The molecule has 1 aliphatic carbocycles. The lowest BCUT2D eigenvalue weighted by Gasteiger charge is -2.12. The van der Waals surface area contributed by atoms with Crippen molar-refractivity contribution in [2.45, 2.75) is 46.6 Å². The number of guanidine groups is 1. The third-order valence-corrected chi connectivity index (χ3v) is 3.74. The van der Waals surface area contributed by atoms with E-state index < -0.39 is 0 Å². The predicted molar refractivity (Wildman–Crippen MR) is 94.7 cm³/mol. The highest BCUT2D eigenvalue weighted by Gasteiger charge is 2.22. The van der Waals surface area contributed by atoms with E-state index in [4.69, 9.17) is 4.74 Å². The summed E-state index contributed by atoms with van der Waals surface area (Å²) in [6.45, 7) is 9.75. The van der Waals surface area contributed by atoms with Crippen LogP contribution in [0.5, 0.6) is 5.88 Å². The molecule has 1 aromatic rings. The van der Waals surface area contributed by atoms with Gasteiger partial charge in [0.25, 0.3) is 0 Å². The first-order valence-electron chi connectivity index (χ1n) is 8.77. The molecule has 1 heterocycles. The first-order valence-corrected chi connectivity index (χ1v) is 8.77. The number of aliphatic imine (C=N–C) groups is 1. The normalized spacial score (nSPS) is 14.9. The summed E-state index contributed by atoms with van der Waals surface area (Å²) in [5.41, 5.74) is 1.12. The van der Waals surface area contributed by atoms with Crippen molar-refractivity contribution in [3.63, 3.8) is 0 Å². The second-order valence-corrected chi connectivity index (χ2v) is 6.56. The number of rotatable bonds is 9. The van der Waals surface area contributed by atoms with Crippen molar-refractivity contribution in [2.24, 2.45) is 16.8 Å². The number of aromatic nitrogens is 1. The fraction of sp³-hybridized carbons (Fsp3) is 0.667. The zero-order valence-electron chi connectivity index (χ0n) is 14.6. The van der Waals surface area contributed by atoms with Gasteiger partial charge in [0.2, 0.25) is 5.88 Å². The third kappa shape index (κ3) is 7.35. The summed E-state index contributed by atoms with van der Waals surface area (Å²) in [4.78, 5) is 8.91. The summed E-state index contributed by atoms with van der Waals surface area (Å²) in [5, 5.41) is 6.66. The molecule has 1 saturated carbocycles. The molecule has 23 heavy (non-hydrogen) atoms. The van der Waals surface area contributed by atoms with Gasteiger partial charge in [-0.05, 0) is 49.7 Å². The first kappa shape index (κ1) is 17.6. The summed E-state index contributed by atoms with van der Waals surface area (Å²) in [5.74, 6) is 3.01. The fourth-order valence-electron chi connectivity index (χ4n) is 2.11. The number of hydrogen-bond donors (Lipinski definition) is 2. The van der Waals surface area contributed by atoms with Gasteiger partial charge >= 0.3 is 0 Å². The Morgan fingerprint density at radius 2 is 2.22 bits per heavy atom. The lowest BCUT2D eigenvalue weighted by atomic mass is 10.1. The summed E-state index contributed by atoms with van der Waals surface area (Å²) < 4.78 is 5.73. The molecule has 0 aliphatic heterocycles. The molecule has 0 aromatic carbocycles. The van der Waals surface area contributed by atoms with Crippen molar-refractivity contribution in [3.05, 3.63) is 23.9 Å². The Kier molecular flexibility index (Phi) is 7.17. The van der Waals surface area contributed by atoms with Crippen LogP contribution in [0.3, 0.4) is 0 Å². The van der Waals surface area contributed by atoms with Crippen LogP contribution in [0.1, 0.15) is 45.6 Å². The maximum atomic E-state index is 5.73. The molecule has 128 valence electrons. The van der Waals surface area contributed by atoms with Crippen LogP contribution in [0.2, 0.25) is 0 Å². The number of nitrogens with one attached hydrogen (secondary N) is 2. The summed E-state index contributed by atoms with van der Waals surface area (Å²) >= 11 is 0. The van der Waals surface area contributed by atoms with E-state index in [0.29, 0.717) is 18.3 Å². The highest BCUT2D eigenvalue weighted by atomic mass is 16.5. The van der Waals surface area contributed by atoms with Crippen LogP contribution < -0.4 is 15.4 Å². The maximum Gasteiger partial charge on any atom is 0.213 e. The molecule has 2 rings (SSSR count). The van der Waals surface area contributed by atoms with Gasteiger partial charge in [0, 0.05) is 25.4 Å². The largest absolute Gasteiger partial charge is 0.477 e.